The van der Waals surface area contributed by atoms with Crippen LogP contribution >= 0.6 is 11.6 Å². The minimum absolute atomic E-state index is 0. The highest BCUT2D eigenvalue weighted by atomic mass is 35.5. The van der Waals surface area contributed by atoms with Gasteiger partial charge in [-0.05, 0) is 67.6 Å². The van der Waals surface area contributed by atoms with Crippen LogP contribution in [0, 0.1) is 6.92 Å². The number of rotatable bonds is 6. The Morgan fingerprint density at radius 2 is 1.48 bits per heavy atom. The van der Waals surface area contributed by atoms with E-state index in [1.807, 2.05) is 6.92 Å². The standard InChI is InChI=1S/C21H16ClF3N4O3.C7H8O3S.H2O/c1-26-19(30)18-11-15(8-9-27-18)32-14-5-2-12(3-6-14)28-20(31)29-13-4-7-17(22)16(10-13)21(23,24)25;1-6-2-4-7(5-3-6)11(8,9)10;/h2-11H,1H3,(H,26,30)(H2,28,29,31);2-5H,1H3,(H,8,9,10);1H2. The van der Waals surface area contributed by atoms with E-state index in [2.05, 4.69) is 20.9 Å². The number of aromatic nitrogens is 1. The normalized spacial score (nSPS) is 10.8. The van der Waals surface area contributed by atoms with Gasteiger partial charge in [-0.15, -0.1) is 0 Å². The molecule has 0 aliphatic carbocycles. The molecule has 0 saturated carbocycles. The molecular formula is C28H26ClF3N4O7S. The van der Waals surface area contributed by atoms with E-state index in [1.165, 1.54) is 37.5 Å². The Balaban J connectivity index is 0.000000475. The molecule has 4 rings (SSSR count). The summed E-state index contributed by atoms with van der Waals surface area (Å²) in [6.07, 6.45) is -3.21. The molecule has 0 aliphatic heterocycles. The van der Waals surface area contributed by atoms with Crippen molar-refractivity contribution in [1.82, 2.24) is 10.3 Å². The van der Waals surface area contributed by atoms with Gasteiger partial charge in [-0.25, -0.2) is 4.79 Å². The lowest BCUT2D eigenvalue weighted by Crippen LogP contribution is -2.19. The summed E-state index contributed by atoms with van der Waals surface area (Å²) in [5.74, 6) is 0.460. The SMILES string of the molecule is CNC(=O)c1cc(Oc2ccc(NC(=O)Nc3ccc(Cl)c(C(F)(F)F)c3)cc2)ccn1.Cc1ccc(S(=O)(=O)O)cc1.O. The molecule has 4 aromatic rings. The summed E-state index contributed by atoms with van der Waals surface area (Å²) in [5.41, 5.74) is 0.409. The number of hydrogen-bond donors (Lipinski definition) is 4. The van der Waals surface area contributed by atoms with E-state index in [0.29, 0.717) is 17.2 Å². The van der Waals surface area contributed by atoms with Gasteiger partial charge in [-0.3, -0.25) is 14.3 Å². The molecule has 0 radical (unpaired) electrons. The van der Waals surface area contributed by atoms with Gasteiger partial charge < -0.3 is 26.2 Å². The molecule has 0 bridgehead atoms. The first kappa shape index (κ1) is 35.5. The molecule has 234 valence electrons. The first-order valence-electron chi connectivity index (χ1n) is 12.1. The maximum Gasteiger partial charge on any atom is 0.417 e. The summed E-state index contributed by atoms with van der Waals surface area (Å²) in [5, 5.41) is 6.83. The molecule has 0 fully saturated rings. The van der Waals surface area contributed by atoms with Crippen LogP contribution in [0.5, 0.6) is 11.5 Å². The summed E-state index contributed by atoms with van der Waals surface area (Å²) in [4.78, 5) is 27.6. The van der Waals surface area contributed by atoms with Gasteiger partial charge in [0, 0.05) is 30.7 Å². The smallest absolute Gasteiger partial charge is 0.417 e. The highest BCUT2D eigenvalue weighted by molar-refractivity contribution is 7.85. The zero-order chi connectivity index (χ0) is 31.8. The Hall–Kier alpha value is -4.70. The first-order valence-corrected chi connectivity index (χ1v) is 13.9. The van der Waals surface area contributed by atoms with Gasteiger partial charge in [0.2, 0.25) is 0 Å². The van der Waals surface area contributed by atoms with Gasteiger partial charge in [0.25, 0.3) is 16.0 Å². The summed E-state index contributed by atoms with van der Waals surface area (Å²) in [6.45, 7) is 1.84. The number of aryl methyl sites for hydroxylation is 1. The third-order valence-corrected chi connectivity index (χ3v) is 6.58. The lowest BCUT2D eigenvalue weighted by molar-refractivity contribution is -0.137. The number of carbonyl (C=O) groups is 2. The average Bonchev–Trinajstić information content (AvgIpc) is 2.94. The van der Waals surface area contributed by atoms with E-state index in [4.69, 9.17) is 20.9 Å². The van der Waals surface area contributed by atoms with Crippen LogP contribution in [0.25, 0.3) is 0 Å². The predicted molar refractivity (Wildman–Crippen MR) is 158 cm³/mol. The van der Waals surface area contributed by atoms with E-state index in [-0.39, 0.29) is 27.7 Å². The van der Waals surface area contributed by atoms with Gasteiger partial charge in [-0.2, -0.15) is 21.6 Å². The molecule has 16 heteroatoms. The summed E-state index contributed by atoms with van der Waals surface area (Å²) in [6, 6.07) is 17.6. The Kier molecular flexibility index (Phi) is 12.2. The number of urea groups is 1. The Bertz CT molecular complexity index is 1700. The molecule has 6 N–H and O–H groups in total. The topological polar surface area (TPSA) is 178 Å². The van der Waals surface area contributed by atoms with E-state index in [0.717, 1.165) is 17.7 Å². The molecule has 1 heterocycles. The second kappa shape index (κ2) is 15.2. The van der Waals surface area contributed by atoms with Crippen LogP contribution in [0.2, 0.25) is 5.02 Å². The first-order chi connectivity index (χ1) is 20.2. The Morgan fingerprint density at radius 1 is 0.886 bits per heavy atom. The lowest BCUT2D eigenvalue weighted by atomic mass is 10.2. The van der Waals surface area contributed by atoms with Crippen LogP contribution in [0.3, 0.4) is 0 Å². The van der Waals surface area contributed by atoms with E-state index in [1.54, 1.807) is 42.5 Å². The highest BCUT2D eigenvalue weighted by Crippen LogP contribution is 2.36. The van der Waals surface area contributed by atoms with Crippen LogP contribution in [0.4, 0.5) is 29.3 Å². The monoisotopic (exact) mass is 654 g/mol. The van der Waals surface area contributed by atoms with Crippen molar-refractivity contribution in [2.24, 2.45) is 0 Å². The number of ether oxygens (including phenoxy) is 1. The zero-order valence-electron chi connectivity index (χ0n) is 22.9. The molecule has 3 amide bonds. The summed E-state index contributed by atoms with van der Waals surface area (Å²) >= 11 is 5.57. The number of pyridine rings is 1. The van der Waals surface area contributed by atoms with Gasteiger partial charge in [0.1, 0.15) is 17.2 Å². The third kappa shape index (κ3) is 10.5. The third-order valence-electron chi connectivity index (χ3n) is 5.39. The highest BCUT2D eigenvalue weighted by Gasteiger charge is 2.33. The van der Waals surface area contributed by atoms with Crippen molar-refractivity contribution >= 4 is 45.0 Å². The average molecular weight is 655 g/mol. The number of alkyl halides is 3. The molecule has 3 aromatic carbocycles. The number of nitrogens with one attached hydrogen (secondary N) is 3. The Morgan fingerprint density at radius 3 is 2.05 bits per heavy atom. The predicted octanol–water partition coefficient (Wildman–Crippen LogP) is 5.97. The molecule has 1 aromatic heterocycles. The molecule has 0 unspecified atom stereocenters. The molecule has 0 aliphatic rings. The van der Waals surface area contributed by atoms with Crippen LogP contribution < -0.4 is 20.7 Å². The number of carbonyl (C=O) groups excluding carboxylic acids is 2. The van der Waals surface area contributed by atoms with Crippen molar-refractivity contribution in [2.75, 3.05) is 17.7 Å². The molecule has 0 saturated heterocycles. The minimum atomic E-state index is -4.64. The van der Waals surface area contributed by atoms with E-state index < -0.39 is 32.9 Å². The molecule has 0 spiro atoms. The maximum absolute atomic E-state index is 12.9. The molecule has 11 nitrogen and oxygen atoms in total. The van der Waals surface area contributed by atoms with Gasteiger partial charge in [0.15, 0.2) is 0 Å². The van der Waals surface area contributed by atoms with Crippen molar-refractivity contribution in [3.63, 3.8) is 0 Å². The largest absolute Gasteiger partial charge is 0.457 e. The van der Waals surface area contributed by atoms with Crippen molar-refractivity contribution in [3.05, 3.63) is 107 Å². The van der Waals surface area contributed by atoms with Crippen LogP contribution in [-0.4, -0.2) is 42.4 Å². The van der Waals surface area contributed by atoms with Crippen molar-refractivity contribution < 1.29 is 45.9 Å². The molecule has 0 atom stereocenters. The van der Waals surface area contributed by atoms with Crippen molar-refractivity contribution in [1.29, 1.82) is 0 Å². The quantitative estimate of drug-likeness (QED) is 0.185. The van der Waals surface area contributed by atoms with Gasteiger partial charge in [0.05, 0.1) is 15.5 Å². The zero-order valence-corrected chi connectivity index (χ0v) is 24.5. The van der Waals surface area contributed by atoms with E-state index in [9.17, 15) is 31.2 Å². The van der Waals surface area contributed by atoms with Gasteiger partial charge >= 0.3 is 12.2 Å². The minimum Gasteiger partial charge on any atom is -0.457 e. The number of hydrogen-bond acceptors (Lipinski definition) is 6. The summed E-state index contributed by atoms with van der Waals surface area (Å²) in [7, 11) is -2.53. The van der Waals surface area contributed by atoms with Crippen LogP contribution in [0.1, 0.15) is 21.6 Å². The fourth-order valence-electron chi connectivity index (χ4n) is 3.29. The summed E-state index contributed by atoms with van der Waals surface area (Å²) < 4.78 is 74.0. The number of nitrogens with zero attached hydrogens (tertiary/aromatic N) is 1. The van der Waals surface area contributed by atoms with Crippen molar-refractivity contribution in [3.8, 4) is 11.5 Å². The number of benzene rings is 3. The van der Waals surface area contributed by atoms with Crippen molar-refractivity contribution in [2.45, 2.75) is 18.0 Å². The Labute approximate surface area is 255 Å². The number of anilines is 2. The molecular weight excluding hydrogens is 629 g/mol. The van der Waals surface area contributed by atoms with Crippen LogP contribution in [0.15, 0.2) is 90.0 Å². The number of amides is 3. The van der Waals surface area contributed by atoms with Gasteiger partial charge in [-0.1, -0.05) is 29.3 Å². The van der Waals surface area contributed by atoms with E-state index >= 15 is 0 Å². The maximum atomic E-state index is 12.9. The second-order valence-electron chi connectivity index (χ2n) is 8.64. The number of halogens is 4. The second-order valence-corrected chi connectivity index (χ2v) is 10.5. The lowest BCUT2D eigenvalue weighted by Gasteiger charge is -2.12. The fraction of sp³-hybridized carbons (Fsp3) is 0.107. The molecule has 44 heavy (non-hydrogen) atoms. The fourth-order valence-corrected chi connectivity index (χ4v) is 4.00. The van der Waals surface area contributed by atoms with Crippen LogP contribution in [-0.2, 0) is 16.3 Å².